The number of rotatable bonds is 6. The van der Waals surface area contributed by atoms with Gasteiger partial charge in [0.2, 0.25) is 0 Å². The number of pyridine rings is 1. The fourth-order valence-electron chi connectivity index (χ4n) is 2.69. The number of aromatic nitrogens is 1. The summed E-state index contributed by atoms with van der Waals surface area (Å²) in [6.45, 7) is 4.56. The Hall–Kier alpha value is -1.49. The Labute approximate surface area is 125 Å². The molecule has 1 aliphatic heterocycles. The Morgan fingerprint density at radius 2 is 2.14 bits per heavy atom. The van der Waals surface area contributed by atoms with Gasteiger partial charge in [0.1, 0.15) is 0 Å². The van der Waals surface area contributed by atoms with Crippen LogP contribution in [0.15, 0.2) is 36.5 Å². The second kappa shape index (κ2) is 6.98. The van der Waals surface area contributed by atoms with Crippen LogP contribution in [0.3, 0.4) is 0 Å². The van der Waals surface area contributed by atoms with Crippen molar-refractivity contribution in [1.82, 2.24) is 10.3 Å². The first-order chi connectivity index (χ1) is 10.4. The molecule has 1 aromatic carbocycles. The lowest BCUT2D eigenvalue weighted by Crippen LogP contribution is -2.26. The van der Waals surface area contributed by atoms with Crippen molar-refractivity contribution in [2.45, 2.75) is 32.1 Å². The van der Waals surface area contributed by atoms with E-state index >= 15 is 0 Å². The fraction of sp³-hybridized carbons (Fsp3) is 0.471. The second-order valence-corrected chi connectivity index (χ2v) is 5.37. The van der Waals surface area contributed by atoms with E-state index in [-0.39, 0.29) is 12.3 Å². The third-order valence-corrected chi connectivity index (χ3v) is 3.79. The number of ether oxygens (including phenoxy) is 2. The first-order valence-electron chi connectivity index (χ1n) is 7.68. The molecule has 3 rings (SSSR count). The van der Waals surface area contributed by atoms with E-state index < -0.39 is 0 Å². The Morgan fingerprint density at radius 1 is 1.29 bits per heavy atom. The zero-order chi connectivity index (χ0) is 14.5. The van der Waals surface area contributed by atoms with Crippen molar-refractivity contribution < 1.29 is 9.47 Å². The maximum absolute atomic E-state index is 5.59. The van der Waals surface area contributed by atoms with Crippen molar-refractivity contribution in [2.24, 2.45) is 0 Å². The predicted molar refractivity (Wildman–Crippen MR) is 83.1 cm³/mol. The summed E-state index contributed by atoms with van der Waals surface area (Å²) in [6, 6.07) is 10.8. The summed E-state index contributed by atoms with van der Waals surface area (Å²) in [5.41, 5.74) is 2.28. The van der Waals surface area contributed by atoms with Crippen molar-refractivity contribution in [2.75, 3.05) is 19.8 Å². The van der Waals surface area contributed by atoms with Crippen LogP contribution in [-0.4, -0.2) is 31.0 Å². The Balaban J connectivity index is 1.81. The van der Waals surface area contributed by atoms with Gasteiger partial charge in [0.15, 0.2) is 6.29 Å². The summed E-state index contributed by atoms with van der Waals surface area (Å²) < 4.78 is 11.2. The van der Waals surface area contributed by atoms with Crippen LogP contribution in [0.4, 0.5) is 0 Å². The lowest BCUT2D eigenvalue weighted by atomic mass is 10.0. The van der Waals surface area contributed by atoms with Crippen molar-refractivity contribution in [1.29, 1.82) is 0 Å². The zero-order valence-corrected chi connectivity index (χ0v) is 12.4. The molecule has 4 nitrogen and oxygen atoms in total. The molecule has 0 saturated carbocycles. The van der Waals surface area contributed by atoms with E-state index in [2.05, 4.69) is 41.5 Å². The summed E-state index contributed by atoms with van der Waals surface area (Å²) >= 11 is 0. The Bertz CT molecular complexity index is 582. The van der Waals surface area contributed by atoms with Crippen molar-refractivity contribution in [3.8, 4) is 0 Å². The largest absolute Gasteiger partial charge is 0.350 e. The maximum atomic E-state index is 5.59. The second-order valence-electron chi connectivity index (χ2n) is 5.37. The van der Waals surface area contributed by atoms with Crippen LogP contribution in [0.25, 0.3) is 10.9 Å². The summed E-state index contributed by atoms with van der Waals surface area (Å²) in [6.07, 6.45) is 3.68. The van der Waals surface area contributed by atoms with Crippen molar-refractivity contribution in [3.05, 3.63) is 42.1 Å². The Morgan fingerprint density at radius 3 is 2.95 bits per heavy atom. The molecule has 1 atom stereocenters. The lowest BCUT2D eigenvalue weighted by Gasteiger charge is -2.22. The van der Waals surface area contributed by atoms with Crippen molar-refractivity contribution in [3.63, 3.8) is 0 Å². The molecule has 21 heavy (non-hydrogen) atoms. The molecule has 112 valence electrons. The van der Waals surface area contributed by atoms with Gasteiger partial charge in [0.25, 0.3) is 0 Å². The topological polar surface area (TPSA) is 43.4 Å². The van der Waals surface area contributed by atoms with Crippen LogP contribution in [-0.2, 0) is 9.47 Å². The highest BCUT2D eigenvalue weighted by molar-refractivity contribution is 5.78. The van der Waals surface area contributed by atoms with Gasteiger partial charge < -0.3 is 14.8 Å². The minimum absolute atomic E-state index is 0.0983. The van der Waals surface area contributed by atoms with Gasteiger partial charge in [-0.3, -0.25) is 4.98 Å². The van der Waals surface area contributed by atoms with E-state index in [4.69, 9.17) is 9.47 Å². The molecule has 0 bridgehead atoms. The summed E-state index contributed by atoms with van der Waals surface area (Å²) in [7, 11) is 0. The van der Waals surface area contributed by atoms with Crippen molar-refractivity contribution >= 4 is 10.9 Å². The van der Waals surface area contributed by atoms with Gasteiger partial charge in [-0.15, -0.1) is 0 Å². The highest BCUT2D eigenvalue weighted by Crippen LogP contribution is 2.25. The molecule has 4 heteroatoms. The number of fused-ring (bicyclic) bond motifs is 1. The van der Waals surface area contributed by atoms with E-state index in [1.807, 2.05) is 12.3 Å². The van der Waals surface area contributed by atoms with Gasteiger partial charge in [-0.25, -0.2) is 0 Å². The van der Waals surface area contributed by atoms with E-state index in [1.54, 1.807) is 0 Å². The normalized spacial score (nSPS) is 17.4. The minimum atomic E-state index is -0.0983. The predicted octanol–water partition coefficient (Wildman–Crippen LogP) is 3.04. The third-order valence-electron chi connectivity index (χ3n) is 3.79. The number of nitrogens with zero attached hydrogens (tertiary/aromatic N) is 1. The van der Waals surface area contributed by atoms with Crippen LogP contribution in [0.2, 0.25) is 0 Å². The quantitative estimate of drug-likeness (QED) is 0.886. The molecule has 0 spiro atoms. The number of hydrogen-bond acceptors (Lipinski definition) is 4. The van der Waals surface area contributed by atoms with Gasteiger partial charge in [-0.1, -0.05) is 25.1 Å². The molecule has 1 unspecified atom stereocenters. The average Bonchev–Trinajstić information content (AvgIpc) is 3.04. The number of nitrogens with one attached hydrogen (secondary N) is 1. The summed E-state index contributed by atoms with van der Waals surface area (Å²) in [5.74, 6) is 0. The molecule has 1 fully saturated rings. The van der Waals surface area contributed by atoms with Crippen LogP contribution >= 0.6 is 0 Å². The summed E-state index contributed by atoms with van der Waals surface area (Å²) in [5, 5.41) is 4.76. The minimum Gasteiger partial charge on any atom is -0.350 e. The maximum Gasteiger partial charge on any atom is 0.159 e. The average molecular weight is 286 g/mol. The van der Waals surface area contributed by atoms with Gasteiger partial charge in [0.05, 0.1) is 18.7 Å². The van der Waals surface area contributed by atoms with Gasteiger partial charge in [-0.2, -0.15) is 0 Å². The number of hydrogen-bond donors (Lipinski definition) is 1. The molecular formula is C17H22N2O2. The third kappa shape index (κ3) is 3.59. The lowest BCUT2D eigenvalue weighted by molar-refractivity contribution is -0.0530. The first-order valence-corrected chi connectivity index (χ1v) is 7.68. The van der Waals surface area contributed by atoms with Crippen LogP contribution < -0.4 is 5.32 Å². The van der Waals surface area contributed by atoms with Crippen LogP contribution in [0.1, 0.15) is 31.4 Å². The highest BCUT2D eigenvalue weighted by Gasteiger charge is 2.22. The molecule has 1 saturated heterocycles. The van der Waals surface area contributed by atoms with Gasteiger partial charge in [-0.05, 0) is 30.7 Å². The molecule has 0 radical (unpaired) electrons. The number of benzene rings is 1. The molecule has 2 heterocycles. The highest BCUT2D eigenvalue weighted by atomic mass is 16.7. The van der Waals surface area contributed by atoms with Gasteiger partial charge in [0, 0.05) is 24.0 Å². The van der Waals surface area contributed by atoms with E-state index in [0.717, 1.165) is 24.9 Å². The fourth-order valence-corrected chi connectivity index (χ4v) is 2.69. The SMILES string of the molecule is CCCNC(CC1OCCO1)c1ccc2cccnc2c1. The van der Waals surface area contributed by atoms with E-state index in [0.29, 0.717) is 13.2 Å². The molecule has 0 amide bonds. The molecule has 1 aliphatic rings. The van der Waals surface area contributed by atoms with Crippen LogP contribution in [0, 0.1) is 0 Å². The smallest absolute Gasteiger partial charge is 0.159 e. The standard InChI is InChI=1S/C17H22N2O2/c1-2-7-18-16(12-17-20-9-10-21-17)14-6-5-13-4-3-8-19-15(13)11-14/h3-6,8,11,16-18H,2,7,9-10,12H2,1H3. The Kier molecular flexibility index (Phi) is 4.80. The summed E-state index contributed by atoms with van der Waals surface area (Å²) in [4.78, 5) is 4.45. The van der Waals surface area contributed by atoms with E-state index in [9.17, 15) is 0 Å². The monoisotopic (exact) mass is 286 g/mol. The first kappa shape index (κ1) is 14.4. The molecule has 2 aromatic rings. The zero-order valence-electron chi connectivity index (χ0n) is 12.4. The molecule has 0 aliphatic carbocycles. The molecular weight excluding hydrogens is 264 g/mol. The van der Waals surface area contributed by atoms with E-state index in [1.165, 1.54) is 10.9 Å². The molecule has 1 aromatic heterocycles. The van der Waals surface area contributed by atoms with Crippen LogP contribution in [0.5, 0.6) is 0 Å². The van der Waals surface area contributed by atoms with Gasteiger partial charge >= 0.3 is 0 Å². The molecule has 1 N–H and O–H groups in total.